The van der Waals surface area contributed by atoms with E-state index in [1.807, 2.05) is 0 Å². The molecular weight excluding hydrogens is 384 g/mol. The van der Waals surface area contributed by atoms with Crippen molar-refractivity contribution in [3.05, 3.63) is 32.4 Å². The van der Waals surface area contributed by atoms with E-state index in [-0.39, 0.29) is 24.2 Å². The van der Waals surface area contributed by atoms with Gasteiger partial charge in [0.2, 0.25) is 0 Å². The zero-order valence-corrected chi connectivity index (χ0v) is 15.0. The van der Waals surface area contributed by atoms with Gasteiger partial charge >= 0.3 is 5.97 Å². The molecule has 1 aromatic rings. The van der Waals surface area contributed by atoms with Gasteiger partial charge in [-0.2, -0.15) is 4.33 Å². The predicted octanol–water partition coefficient (Wildman–Crippen LogP) is 3.00. The summed E-state index contributed by atoms with van der Waals surface area (Å²) in [5.41, 5.74) is -1.50. The first kappa shape index (κ1) is 21.0. The summed E-state index contributed by atoms with van der Waals surface area (Å²) < 4.78 is 9.03. The second-order valence-electron chi connectivity index (χ2n) is 6.04. The second-order valence-corrected chi connectivity index (χ2v) is 6.75. The van der Waals surface area contributed by atoms with Gasteiger partial charge in [0.05, 0.1) is 34.0 Å². The van der Waals surface area contributed by atoms with Gasteiger partial charge in [0.15, 0.2) is 4.90 Å². The van der Waals surface area contributed by atoms with Crippen LogP contribution in [0.3, 0.4) is 0 Å². The van der Waals surface area contributed by atoms with Gasteiger partial charge in [-0.3, -0.25) is 30.1 Å². The van der Waals surface area contributed by atoms with Gasteiger partial charge in [0.1, 0.15) is 5.75 Å². The largest absolute Gasteiger partial charge is 0.691 e. The van der Waals surface area contributed by atoms with Crippen molar-refractivity contribution in [1.29, 1.82) is 0 Å². The molecule has 0 bridgehead atoms. The molecule has 0 aromatic heterocycles. The van der Waals surface area contributed by atoms with Gasteiger partial charge < -0.3 is 9.99 Å². The number of hydrogen-bond donors (Lipinski definition) is 0. The van der Waals surface area contributed by atoms with Gasteiger partial charge in [0, 0.05) is 6.42 Å². The lowest BCUT2D eigenvalue weighted by Crippen LogP contribution is -2.13. The molecule has 1 aromatic carbocycles. The maximum atomic E-state index is 12.0. The lowest BCUT2D eigenvalue weighted by molar-refractivity contribution is -0.777. The molecule has 1 aliphatic rings. The first-order chi connectivity index (χ1) is 12.9. The fraction of sp³-hybridized carbons (Fsp3) is 0.533. The van der Waals surface area contributed by atoms with E-state index in [0.717, 1.165) is 37.8 Å². The highest BCUT2D eigenvalue weighted by atomic mass is 32.2. The summed E-state index contributed by atoms with van der Waals surface area (Å²) in [5, 5.41) is 35.4. The van der Waals surface area contributed by atoms with E-state index >= 15 is 0 Å². The van der Waals surface area contributed by atoms with E-state index in [1.165, 1.54) is 6.42 Å². The number of hydrogen-bond acceptors (Lipinski definition) is 10. The first-order valence-corrected chi connectivity index (χ1v) is 8.97. The molecule has 0 amide bonds. The maximum absolute atomic E-state index is 12.0. The van der Waals surface area contributed by atoms with E-state index < -0.39 is 32.1 Å². The van der Waals surface area contributed by atoms with Crippen molar-refractivity contribution in [3.63, 3.8) is 0 Å². The predicted molar refractivity (Wildman–Crippen MR) is 89.2 cm³/mol. The molecule has 27 heavy (non-hydrogen) atoms. The average Bonchev–Trinajstić information content (AvgIpc) is 2.65. The quantitative estimate of drug-likeness (QED) is 0.150. The normalized spacial score (nSPS) is 14.7. The summed E-state index contributed by atoms with van der Waals surface area (Å²) in [6.45, 7) is 0. The molecule has 0 atom stereocenters. The summed E-state index contributed by atoms with van der Waals surface area (Å²) in [5.74, 6) is -0.504. The van der Waals surface area contributed by atoms with Crippen molar-refractivity contribution in [3.8, 4) is 5.75 Å². The Balaban J connectivity index is 2.14. The minimum absolute atomic E-state index is 0.0284. The summed E-state index contributed by atoms with van der Waals surface area (Å²) >= 11 is 0.0284. The third kappa shape index (κ3) is 6.13. The van der Waals surface area contributed by atoms with E-state index in [2.05, 4.69) is 9.37 Å². The van der Waals surface area contributed by atoms with Gasteiger partial charge in [-0.25, -0.2) is 0 Å². The Morgan fingerprint density at radius 2 is 1.70 bits per heavy atom. The Kier molecular flexibility index (Phi) is 7.91. The Bertz CT molecular complexity index is 672. The molecule has 1 fully saturated rings. The van der Waals surface area contributed by atoms with Crippen molar-refractivity contribution >= 4 is 29.4 Å². The zero-order valence-electron chi connectivity index (χ0n) is 14.2. The molecule has 2 rings (SSSR count). The molecule has 0 unspecified atom stereocenters. The average molecular weight is 401 g/mol. The molecule has 0 heterocycles. The number of ether oxygens (including phenoxy) is 1. The van der Waals surface area contributed by atoms with Crippen molar-refractivity contribution < 1.29 is 34.0 Å². The minimum Gasteiger partial charge on any atom is -0.691 e. The molecule has 0 saturated heterocycles. The smallest absolute Gasteiger partial charge is 0.311 e. The van der Waals surface area contributed by atoms with Gasteiger partial charge in [-0.05, 0) is 12.3 Å². The molecule has 0 N–H and O–H groups in total. The SMILES string of the molecule is O=C(CCC1CCCCC1)Oc1cc([N+](=O)[O-])c(SOO[O-])c([N+](=O)[O-])c1. The number of carbonyl (C=O) groups excluding carboxylic acids is 1. The zero-order chi connectivity index (χ0) is 19.8. The van der Waals surface area contributed by atoms with E-state index in [0.29, 0.717) is 12.3 Å². The number of nitrogens with zero attached hydrogens (tertiary/aromatic N) is 2. The highest BCUT2D eigenvalue weighted by molar-refractivity contribution is 7.94. The van der Waals surface area contributed by atoms with Crippen LogP contribution >= 0.6 is 12.0 Å². The van der Waals surface area contributed by atoms with Crippen molar-refractivity contribution in [2.75, 3.05) is 0 Å². The fourth-order valence-electron chi connectivity index (χ4n) is 3.02. The molecule has 148 valence electrons. The third-order valence-corrected chi connectivity index (χ3v) is 4.98. The summed E-state index contributed by atoms with van der Waals surface area (Å²) in [4.78, 5) is 32.0. The molecule has 0 aliphatic heterocycles. The van der Waals surface area contributed by atoms with Crippen LogP contribution in [0.25, 0.3) is 0 Å². The second kappa shape index (κ2) is 10.2. The van der Waals surface area contributed by atoms with E-state index in [1.54, 1.807) is 0 Å². The molecule has 1 aliphatic carbocycles. The van der Waals surface area contributed by atoms with Crippen LogP contribution in [0, 0.1) is 26.1 Å². The molecule has 0 radical (unpaired) electrons. The number of rotatable bonds is 9. The van der Waals surface area contributed by atoms with Gasteiger partial charge in [-0.15, -0.1) is 0 Å². The molecular formula is C15H17N2O9S-. The van der Waals surface area contributed by atoms with Gasteiger partial charge in [0.25, 0.3) is 11.4 Å². The fourth-order valence-corrected chi connectivity index (χ4v) is 3.55. The topological polar surface area (TPSA) is 154 Å². The van der Waals surface area contributed by atoms with Crippen LogP contribution in [0.1, 0.15) is 44.9 Å². The summed E-state index contributed by atoms with van der Waals surface area (Å²) in [7, 11) is 0. The Hall–Kier alpha value is -2.28. The van der Waals surface area contributed by atoms with E-state index in [4.69, 9.17) is 4.74 Å². The first-order valence-electron chi connectivity index (χ1n) is 8.23. The monoisotopic (exact) mass is 401 g/mol. The van der Waals surface area contributed by atoms with Crippen LogP contribution in [0.15, 0.2) is 17.0 Å². The lowest BCUT2D eigenvalue weighted by Gasteiger charge is -2.20. The van der Waals surface area contributed by atoms with Crippen molar-refractivity contribution in [1.82, 2.24) is 0 Å². The van der Waals surface area contributed by atoms with Crippen LogP contribution < -0.4 is 9.99 Å². The number of benzene rings is 1. The van der Waals surface area contributed by atoms with Crippen LogP contribution in [-0.4, -0.2) is 15.8 Å². The van der Waals surface area contributed by atoms with Gasteiger partial charge in [-0.1, -0.05) is 32.1 Å². The number of carbonyl (C=O) groups is 1. The number of nitro groups is 2. The molecule has 1 saturated carbocycles. The number of nitro benzene ring substituents is 2. The molecule has 0 spiro atoms. The Morgan fingerprint density at radius 3 is 2.22 bits per heavy atom. The Labute approximate surface area is 158 Å². The third-order valence-electron chi connectivity index (χ3n) is 4.27. The summed E-state index contributed by atoms with van der Waals surface area (Å²) in [6, 6.07) is 1.73. The highest BCUT2D eigenvalue weighted by Gasteiger charge is 2.29. The highest BCUT2D eigenvalue weighted by Crippen LogP contribution is 2.41. The van der Waals surface area contributed by atoms with E-state index in [9.17, 15) is 30.3 Å². The summed E-state index contributed by atoms with van der Waals surface area (Å²) in [6.07, 6.45) is 6.33. The van der Waals surface area contributed by atoms with Crippen LogP contribution in [0.2, 0.25) is 0 Å². The molecule has 11 nitrogen and oxygen atoms in total. The lowest BCUT2D eigenvalue weighted by atomic mass is 9.86. The number of esters is 1. The van der Waals surface area contributed by atoms with Crippen LogP contribution in [0.4, 0.5) is 11.4 Å². The Morgan fingerprint density at radius 1 is 1.11 bits per heavy atom. The van der Waals surface area contributed by atoms with Crippen LogP contribution in [-0.2, 0) is 14.2 Å². The van der Waals surface area contributed by atoms with Crippen LogP contribution in [0.5, 0.6) is 5.75 Å². The maximum Gasteiger partial charge on any atom is 0.311 e. The minimum atomic E-state index is -0.914. The molecule has 12 heteroatoms. The van der Waals surface area contributed by atoms with Crippen molar-refractivity contribution in [2.45, 2.75) is 49.8 Å². The van der Waals surface area contributed by atoms with Crippen molar-refractivity contribution in [2.24, 2.45) is 5.92 Å². The standard InChI is InChI=1S/C15H18N2O9S/c18-14(7-6-10-4-2-1-3-5-10)24-11-8-12(16(19)20)15(27-26-25-23)13(9-11)17(21)22/h8-10,23H,1-7H2/p-1.